The second-order valence-electron chi connectivity index (χ2n) is 2.80. The summed E-state index contributed by atoms with van der Waals surface area (Å²) in [6, 6.07) is 0. The molecule has 0 spiro atoms. The van der Waals surface area contributed by atoms with Crippen molar-refractivity contribution in [3.63, 3.8) is 0 Å². The molecule has 0 aliphatic rings. The fourth-order valence-electron chi connectivity index (χ4n) is 0.681. The van der Waals surface area contributed by atoms with E-state index in [0.717, 1.165) is 39.1 Å². The fraction of sp³-hybridized carbons (Fsp3) is 1.00. The number of hydrogen-bond donors (Lipinski definition) is 0. The van der Waals surface area contributed by atoms with Crippen molar-refractivity contribution in [2.24, 2.45) is 0 Å². The highest BCUT2D eigenvalue weighted by Gasteiger charge is 1.96. The van der Waals surface area contributed by atoms with Crippen molar-refractivity contribution in [2.45, 2.75) is 40.0 Å². The maximum absolute atomic E-state index is 5.45. The van der Waals surface area contributed by atoms with Crippen molar-refractivity contribution < 1.29 is 13.3 Å². The molecule has 0 saturated carbocycles. The highest BCUT2D eigenvalue weighted by Crippen LogP contribution is 1.96. The molecule has 0 atom stereocenters. The third-order valence-corrected chi connectivity index (χ3v) is 2.59. The van der Waals surface area contributed by atoms with Crippen LogP contribution in [0.25, 0.3) is 0 Å². The van der Waals surface area contributed by atoms with E-state index in [1.807, 2.05) is 0 Å². The molecule has 0 saturated heterocycles. The van der Waals surface area contributed by atoms with Crippen molar-refractivity contribution in [2.75, 3.05) is 19.8 Å². The van der Waals surface area contributed by atoms with Crippen LogP contribution in [0.5, 0.6) is 0 Å². The summed E-state index contributed by atoms with van der Waals surface area (Å²) in [5.74, 6) is 0. The van der Waals surface area contributed by atoms with E-state index in [1.165, 1.54) is 0 Å². The van der Waals surface area contributed by atoms with Gasteiger partial charge in [-0.1, -0.05) is 20.8 Å². The lowest BCUT2D eigenvalue weighted by atomic mass is 10.5. The lowest BCUT2D eigenvalue weighted by Crippen LogP contribution is -2.28. The van der Waals surface area contributed by atoms with E-state index in [4.69, 9.17) is 13.3 Å². The van der Waals surface area contributed by atoms with Gasteiger partial charge >= 0.3 is 0 Å². The SMILES string of the molecule is CCCO[Si-](OCCC)OCCC. The van der Waals surface area contributed by atoms with Crippen molar-refractivity contribution in [3.05, 3.63) is 0 Å². The summed E-state index contributed by atoms with van der Waals surface area (Å²) in [6.45, 7) is 8.46. The molecule has 0 amide bonds. The van der Waals surface area contributed by atoms with Gasteiger partial charge in [-0.3, -0.25) is 0 Å². The third kappa shape index (κ3) is 8.43. The van der Waals surface area contributed by atoms with Crippen LogP contribution in [0.1, 0.15) is 40.0 Å². The van der Waals surface area contributed by atoms with Crippen molar-refractivity contribution >= 4 is 9.53 Å². The van der Waals surface area contributed by atoms with Crippen molar-refractivity contribution in [1.29, 1.82) is 0 Å². The third-order valence-electron chi connectivity index (χ3n) is 1.27. The molecule has 0 aromatic rings. The smallest absolute Gasteiger partial charge is 0.215 e. The number of hydrogen-bond acceptors (Lipinski definition) is 3. The average molecular weight is 205 g/mol. The summed E-state index contributed by atoms with van der Waals surface area (Å²) in [4.78, 5) is 0. The van der Waals surface area contributed by atoms with Gasteiger partial charge in [-0.2, -0.15) is 0 Å². The Morgan fingerprint density at radius 1 is 0.692 bits per heavy atom. The standard InChI is InChI=1S/C9H21O3Si/c1-4-7-10-13(11-8-5-2)12-9-6-3/h4-9H2,1-3H3/q-1. The Morgan fingerprint density at radius 3 is 1.23 bits per heavy atom. The summed E-state index contributed by atoms with van der Waals surface area (Å²) in [7, 11) is -1.43. The molecule has 13 heavy (non-hydrogen) atoms. The van der Waals surface area contributed by atoms with E-state index in [0.29, 0.717) is 0 Å². The van der Waals surface area contributed by atoms with Gasteiger partial charge in [0.2, 0.25) is 9.53 Å². The van der Waals surface area contributed by atoms with Crippen molar-refractivity contribution in [1.82, 2.24) is 0 Å². The van der Waals surface area contributed by atoms with Crippen LogP contribution in [0.15, 0.2) is 0 Å². The predicted octanol–water partition coefficient (Wildman–Crippen LogP) is 2.25. The first kappa shape index (κ1) is 13.1. The first-order valence-corrected chi connectivity index (χ1v) is 6.32. The van der Waals surface area contributed by atoms with Crippen LogP contribution in [0.4, 0.5) is 0 Å². The average Bonchev–Trinajstić information content (AvgIpc) is 2.17. The highest BCUT2D eigenvalue weighted by atomic mass is 28.3. The minimum atomic E-state index is -1.43. The van der Waals surface area contributed by atoms with E-state index in [1.54, 1.807) is 0 Å². The zero-order valence-corrected chi connectivity index (χ0v) is 9.97. The van der Waals surface area contributed by atoms with Gasteiger partial charge in [0.15, 0.2) is 0 Å². The van der Waals surface area contributed by atoms with Crippen LogP contribution >= 0.6 is 0 Å². The quantitative estimate of drug-likeness (QED) is 0.540. The molecule has 80 valence electrons. The number of rotatable bonds is 9. The molecule has 0 unspecified atom stereocenters. The van der Waals surface area contributed by atoms with Gasteiger partial charge in [-0.25, -0.2) is 0 Å². The molecule has 0 aromatic heterocycles. The Balaban J connectivity index is 3.47. The summed E-state index contributed by atoms with van der Waals surface area (Å²) >= 11 is 0. The van der Waals surface area contributed by atoms with Gasteiger partial charge in [0.05, 0.1) is 0 Å². The van der Waals surface area contributed by atoms with Gasteiger partial charge in [-0.15, -0.1) is 0 Å². The highest BCUT2D eigenvalue weighted by molar-refractivity contribution is 6.36. The van der Waals surface area contributed by atoms with E-state index in [2.05, 4.69) is 20.8 Å². The molecule has 0 aliphatic heterocycles. The topological polar surface area (TPSA) is 27.7 Å². The van der Waals surface area contributed by atoms with Crippen LogP contribution in [0.2, 0.25) is 0 Å². The Labute approximate surface area is 83.3 Å². The minimum absolute atomic E-state index is 0.738. The summed E-state index contributed by atoms with van der Waals surface area (Å²) in [5.41, 5.74) is 0. The summed E-state index contributed by atoms with van der Waals surface area (Å²) < 4.78 is 16.4. The molecule has 0 aliphatic carbocycles. The van der Waals surface area contributed by atoms with Crippen LogP contribution in [0.3, 0.4) is 0 Å². The van der Waals surface area contributed by atoms with E-state index >= 15 is 0 Å². The summed E-state index contributed by atoms with van der Waals surface area (Å²) in [5, 5.41) is 0. The Bertz CT molecular complexity index is 81.8. The van der Waals surface area contributed by atoms with Crippen LogP contribution < -0.4 is 0 Å². The van der Waals surface area contributed by atoms with Crippen LogP contribution in [0, 0.1) is 0 Å². The minimum Gasteiger partial charge on any atom is -0.541 e. The van der Waals surface area contributed by atoms with Crippen molar-refractivity contribution in [3.8, 4) is 0 Å². The zero-order valence-electron chi connectivity index (χ0n) is 8.97. The second kappa shape index (κ2) is 10.2. The second-order valence-corrected chi connectivity index (χ2v) is 4.16. The fourth-order valence-corrected chi connectivity index (χ4v) is 2.04. The van der Waals surface area contributed by atoms with Gasteiger partial charge in [-0.05, 0) is 19.3 Å². The predicted molar refractivity (Wildman–Crippen MR) is 54.5 cm³/mol. The zero-order chi connectivity index (χ0) is 9.94. The maximum atomic E-state index is 5.45. The molecule has 0 bridgehead atoms. The molecule has 4 heteroatoms. The molecule has 0 fully saturated rings. The molecule has 0 aromatic carbocycles. The lowest BCUT2D eigenvalue weighted by Gasteiger charge is -2.30. The monoisotopic (exact) mass is 205 g/mol. The molecule has 0 N–H and O–H groups in total. The van der Waals surface area contributed by atoms with E-state index in [-0.39, 0.29) is 0 Å². The summed E-state index contributed by atoms with van der Waals surface area (Å²) in [6.07, 6.45) is 3.04. The molecular weight excluding hydrogens is 184 g/mol. The van der Waals surface area contributed by atoms with Gasteiger partial charge < -0.3 is 13.3 Å². The molecule has 0 heterocycles. The lowest BCUT2D eigenvalue weighted by molar-refractivity contribution is 0.0933. The largest absolute Gasteiger partial charge is 0.541 e. The first-order chi connectivity index (χ1) is 6.35. The van der Waals surface area contributed by atoms with Crippen LogP contribution in [-0.2, 0) is 13.3 Å². The molecule has 0 rings (SSSR count). The van der Waals surface area contributed by atoms with Gasteiger partial charge in [0.25, 0.3) is 0 Å². The first-order valence-electron chi connectivity index (χ1n) is 5.10. The van der Waals surface area contributed by atoms with Crippen LogP contribution in [-0.4, -0.2) is 29.3 Å². The molecule has 3 nitrogen and oxygen atoms in total. The van der Waals surface area contributed by atoms with E-state index in [9.17, 15) is 0 Å². The Hall–Kier alpha value is 0.0969. The van der Waals surface area contributed by atoms with Gasteiger partial charge in [0.1, 0.15) is 0 Å². The van der Waals surface area contributed by atoms with E-state index < -0.39 is 9.53 Å². The maximum Gasteiger partial charge on any atom is 0.215 e. The Kier molecular flexibility index (Phi) is 10.3. The molecule has 0 radical (unpaired) electrons. The Morgan fingerprint density at radius 2 is 1.00 bits per heavy atom. The molecular formula is C9H21O3Si-. The van der Waals surface area contributed by atoms with Gasteiger partial charge in [0, 0.05) is 19.8 Å². The normalized spacial score (nSPS) is 11.1.